The average molecular weight is 417 g/mol. The molecule has 0 bridgehead atoms. The molecule has 154 valence electrons. The van der Waals surface area contributed by atoms with Crippen LogP contribution in [0.3, 0.4) is 0 Å². The number of hydrogen-bond acceptors (Lipinski definition) is 6. The Hall–Kier alpha value is -3.40. The van der Waals surface area contributed by atoms with E-state index >= 15 is 0 Å². The molecule has 1 saturated heterocycles. The van der Waals surface area contributed by atoms with Crippen LogP contribution in [0.1, 0.15) is 28.2 Å². The molecular formula is C20H14F3N3O4. The highest BCUT2D eigenvalue weighted by Crippen LogP contribution is 2.43. The first-order valence-electron chi connectivity index (χ1n) is 9.12. The normalized spacial score (nSPS) is 20.2. The van der Waals surface area contributed by atoms with Crippen LogP contribution >= 0.6 is 0 Å². The summed E-state index contributed by atoms with van der Waals surface area (Å²) < 4.78 is 51.7. The Morgan fingerprint density at radius 2 is 2.00 bits per heavy atom. The minimum absolute atomic E-state index is 0.285. The molecular weight excluding hydrogens is 403 g/mol. The van der Waals surface area contributed by atoms with Gasteiger partial charge in [0.25, 0.3) is 17.6 Å². The average Bonchev–Trinajstić information content (AvgIpc) is 3.49. The van der Waals surface area contributed by atoms with Crippen LogP contribution in [-0.4, -0.2) is 39.1 Å². The van der Waals surface area contributed by atoms with Crippen molar-refractivity contribution in [3.63, 3.8) is 0 Å². The van der Waals surface area contributed by atoms with Gasteiger partial charge in [0.05, 0.1) is 18.7 Å². The van der Waals surface area contributed by atoms with Gasteiger partial charge in [0, 0.05) is 6.54 Å². The largest absolute Gasteiger partial charge is 0.503 e. The second-order valence-corrected chi connectivity index (χ2v) is 7.22. The first-order valence-corrected chi connectivity index (χ1v) is 9.12. The van der Waals surface area contributed by atoms with Crippen LogP contribution in [0.15, 0.2) is 34.9 Å². The van der Waals surface area contributed by atoms with Gasteiger partial charge in [-0.2, -0.15) is 9.37 Å². The molecule has 1 N–H and O–H groups in total. The number of carbonyl (C=O) groups is 1. The fraction of sp³-hybridized carbons (Fsp3) is 0.250. The van der Waals surface area contributed by atoms with Gasteiger partial charge in [0.2, 0.25) is 5.82 Å². The molecule has 5 rings (SSSR count). The van der Waals surface area contributed by atoms with Crippen LogP contribution in [0.4, 0.5) is 13.2 Å². The molecule has 0 radical (unpaired) electrons. The number of phenols is 1. The van der Waals surface area contributed by atoms with Gasteiger partial charge in [-0.1, -0.05) is 29.4 Å². The van der Waals surface area contributed by atoms with Crippen molar-refractivity contribution in [2.45, 2.75) is 18.6 Å². The topological polar surface area (TPSA) is 88.7 Å². The van der Waals surface area contributed by atoms with Gasteiger partial charge in [-0.15, -0.1) is 0 Å². The molecule has 2 aliphatic rings. The second kappa shape index (κ2) is 6.56. The molecule has 1 aromatic heterocycles. The lowest BCUT2D eigenvalue weighted by atomic mass is 9.92. The van der Waals surface area contributed by atoms with E-state index in [9.17, 15) is 23.1 Å². The maximum atomic E-state index is 14.1. The van der Waals surface area contributed by atoms with E-state index in [0.29, 0.717) is 25.6 Å². The number of rotatable bonds is 2. The van der Waals surface area contributed by atoms with E-state index in [1.165, 1.54) is 4.90 Å². The molecule has 7 nitrogen and oxygen atoms in total. The number of ether oxygens (including phenoxy) is 1. The van der Waals surface area contributed by atoms with Crippen molar-refractivity contribution >= 4 is 5.91 Å². The molecule has 3 aromatic rings. The SMILES string of the molecule is O=C(c1noc(-c2cc(F)c(F)c(O)c2F)n1)N1CCC2(C1)OCc1ccccc12. The van der Waals surface area contributed by atoms with Gasteiger partial charge >= 0.3 is 0 Å². The van der Waals surface area contributed by atoms with Gasteiger partial charge in [0.1, 0.15) is 5.60 Å². The number of carbonyl (C=O) groups excluding carboxylic acids is 1. The molecule has 1 atom stereocenters. The number of benzene rings is 2. The Morgan fingerprint density at radius 1 is 1.20 bits per heavy atom. The smallest absolute Gasteiger partial charge is 0.295 e. The third-order valence-electron chi connectivity index (χ3n) is 5.51. The number of hydrogen-bond donors (Lipinski definition) is 1. The van der Waals surface area contributed by atoms with Crippen molar-refractivity contribution in [2.75, 3.05) is 13.1 Å². The summed E-state index contributed by atoms with van der Waals surface area (Å²) >= 11 is 0. The van der Waals surface area contributed by atoms with E-state index in [-0.39, 0.29) is 12.4 Å². The Morgan fingerprint density at radius 3 is 2.83 bits per heavy atom. The molecule has 1 amide bonds. The number of aromatic hydroxyl groups is 1. The van der Waals surface area contributed by atoms with E-state index in [0.717, 1.165) is 11.1 Å². The van der Waals surface area contributed by atoms with Gasteiger partial charge in [-0.05, 0) is 23.6 Å². The van der Waals surface area contributed by atoms with Crippen LogP contribution in [-0.2, 0) is 16.9 Å². The number of amides is 1. The van der Waals surface area contributed by atoms with Crippen LogP contribution in [0.2, 0.25) is 0 Å². The van der Waals surface area contributed by atoms with E-state index < -0.39 is 46.2 Å². The fourth-order valence-electron chi connectivity index (χ4n) is 3.98. The number of aromatic nitrogens is 2. The molecule has 10 heteroatoms. The van der Waals surface area contributed by atoms with Crippen LogP contribution in [0, 0.1) is 17.5 Å². The van der Waals surface area contributed by atoms with Crippen molar-refractivity contribution in [3.05, 3.63) is 64.7 Å². The molecule has 1 unspecified atom stereocenters. The summed E-state index contributed by atoms with van der Waals surface area (Å²) in [4.78, 5) is 18.1. The van der Waals surface area contributed by atoms with Gasteiger partial charge in [-0.25, -0.2) is 8.78 Å². The molecule has 2 aromatic carbocycles. The number of likely N-dealkylation sites (tertiary alicyclic amines) is 1. The lowest BCUT2D eigenvalue weighted by Gasteiger charge is -2.24. The number of nitrogens with zero attached hydrogens (tertiary/aromatic N) is 3. The number of halogens is 3. The lowest BCUT2D eigenvalue weighted by Crippen LogP contribution is -2.34. The summed E-state index contributed by atoms with van der Waals surface area (Å²) in [5, 5.41) is 12.9. The number of phenolic OH excluding ortho intramolecular Hbond substituents is 1. The highest BCUT2D eigenvalue weighted by molar-refractivity contribution is 5.91. The minimum atomic E-state index is -1.73. The molecule has 0 saturated carbocycles. The summed E-state index contributed by atoms with van der Waals surface area (Å²) in [5.41, 5.74) is 0.858. The van der Waals surface area contributed by atoms with Crippen molar-refractivity contribution in [1.82, 2.24) is 15.0 Å². The van der Waals surface area contributed by atoms with E-state index in [1.807, 2.05) is 24.3 Å². The zero-order valence-corrected chi connectivity index (χ0v) is 15.4. The van der Waals surface area contributed by atoms with E-state index in [4.69, 9.17) is 9.26 Å². The maximum Gasteiger partial charge on any atom is 0.295 e. The monoisotopic (exact) mass is 417 g/mol. The summed E-state index contributed by atoms with van der Waals surface area (Å²) in [6.45, 7) is 1.13. The van der Waals surface area contributed by atoms with Crippen LogP contribution < -0.4 is 0 Å². The van der Waals surface area contributed by atoms with Gasteiger partial charge < -0.3 is 19.3 Å². The third-order valence-corrected chi connectivity index (χ3v) is 5.51. The fourth-order valence-corrected chi connectivity index (χ4v) is 3.98. The van der Waals surface area contributed by atoms with E-state index in [1.54, 1.807) is 0 Å². The lowest BCUT2D eigenvalue weighted by molar-refractivity contribution is -0.0283. The van der Waals surface area contributed by atoms with Crippen molar-refractivity contribution in [1.29, 1.82) is 0 Å². The third kappa shape index (κ3) is 2.67. The van der Waals surface area contributed by atoms with E-state index in [2.05, 4.69) is 10.1 Å². The summed E-state index contributed by atoms with van der Waals surface area (Å²) in [6, 6.07) is 8.26. The predicted octanol–water partition coefficient (Wildman–Crippen LogP) is 3.13. The van der Waals surface area contributed by atoms with Crippen molar-refractivity contribution in [2.24, 2.45) is 0 Å². The van der Waals surface area contributed by atoms with Crippen LogP contribution in [0.5, 0.6) is 5.75 Å². The summed E-state index contributed by atoms with van der Waals surface area (Å²) in [7, 11) is 0. The van der Waals surface area contributed by atoms with Gasteiger partial charge in [-0.3, -0.25) is 4.79 Å². The highest BCUT2D eigenvalue weighted by Gasteiger charge is 2.47. The zero-order valence-electron chi connectivity index (χ0n) is 15.4. The molecule has 2 aliphatic heterocycles. The molecule has 1 fully saturated rings. The Balaban J connectivity index is 1.40. The zero-order chi connectivity index (χ0) is 21.0. The van der Waals surface area contributed by atoms with Crippen molar-refractivity contribution < 1.29 is 32.3 Å². The first-order chi connectivity index (χ1) is 14.4. The quantitative estimate of drug-likeness (QED) is 0.645. The Labute approximate surface area is 167 Å². The highest BCUT2D eigenvalue weighted by atomic mass is 19.2. The molecule has 3 heterocycles. The Bertz CT molecular complexity index is 1180. The molecule has 30 heavy (non-hydrogen) atoms. The van der Waals surface area contributed by atoms with Crippen LogP contribution in [0.25, 0.3) is 11.5 Å². The molecule has 1 spiro atoms. The first kappa shape index (κ1) is 18.6. The Kier molecular flexibility index (Phi) is 4.07. The predicted molar refractivity (Wildman–Crippen MR) is 94.7 cm³/mol. The summed E-state index contributed by atoms with van der Waals surface area (Å²) in [6.07, 6.45) is 0.589. The number of fused-ring (bicyclic) bond motifs is 2. The summed E-state index contributed by atoms with van der Waals surface area (Å²) in [5.74, 6) is -7.68. The second-order valence-electron chi connectivity index (χ2n) is 7.22. The van der Waals surface area contributed by atoms with Gasteiger partial charge in [0.15, 0.2) is 17.4 Å². The maximum absolute atomic E-state index is 14.1. The van der Waals surface area contributed by atoms with Crippen molar-refractivity contribution in [3.8, 4) is 17.2 Å². The standard InChI is InChI=1S/C20H14F3N3O4/c21-13-7-11(14(22)16(27)15(13)23)18-24-17(25-30-18)19(28)26-6-5-20(9-26)12-4-2-1-3-10(12)8-29-20/h1-4,7,27H,5-6,8-9H2. The molecule has 0 aliphatic carbocycles. The minimum Gasteiger partial charge on any atom is -0.503 e.